The smallest absolute Gasteiger partial charge is 0.338 e. The van der Waals surface area contributed by atoms with Crippen molar-refractivity contribution in [1.82, 2.24) is 15.2 Å². The Bertz CT molecular complexity index is 1270. The lowest BCUT2D eigenvalue weighted by Gasteiger charge is -2.32. The first-order valence-corrected chi connectivity index (χ1v) is 13.6. The Kier molecular flexibility index (Phi) is 8.58. The summed E-state index contributed by atoms with van der Waals surface area (Å²) in [6.07, 6.45) is 1.11. The van der Waals surface area contributed by atoms with E-state index in [2.05, 4.69) is 26.2 Å². The molecular formula is C25H26BrF3N4O4S. The largest absolute Gasteiger partial charge is 0.481 e. The molecule has 204 valence electrons. The van der Waals surface area contributed by atoms with Crippen molar-refractivity contribution in [2.45, 2.75) is 44.7 Å². The Morgan fingerprint density at radius 2 is 2.16 bits per heavy atom. The third-order valence-corrected chi connectivity index (χ3v) is 7.87. The van der Waals surface area contributed by atoms with Gasteiger partial charge in [-0.15, -0.1) is 11.3 Å². The molecule has 13 heteroatoms. The number of esters is 1. The molecule has 0 spiro atoms. The van der Waals surface area contributed by atoms with Crippen molar-refractivity contribution in [3.8, 4) is 0 Å². The van der Waals surface area contributed by atoms with Gasteiger partial charge in [0.1, 0.15) is 11.9 Å². The fraction of sp³-hybridized carbons (Fsp3) is 0.440. The van der Waals surface area contributed by atoms with Crippen molar-refractivity contribution in [3.05, 3.63) is 61.9 Å². The molecule has 0 radical (unpaired) electrons. The van der Waals surface area contributed by atoms with Crippen LogP contribution < -0.4 is 5.32 Å². The van der Waals surface area contributed by atoms with E-state index in [9.17, 15) is 27.9 Å². The molecule has 2 N–H and O–H groups in total. The molecule has 0 aliphatic carbocycles. The maximum absolute atomic E-state index is 14.6. The molecule has 8 nitrogen and oxygen atoms in total. The molecule has 2 aliphatic heterocycles. The van der Waals surface area contributed by atoms with Gasteiger partial charge in [0.05, 0.1) is 24.6 Å². The van der Waals surface area contributed by atoms with Gasteiger partial charge in [-0.2, -0.15) is 0 Å². The zero-order valence-corrected chi connectivity index (χ0v) is 23.0. The summed E-state index contributed by atoms with van der Waals surface area (Å²) in [6, 6.07) is 2.32. The number of nitrogens with one attached hydrogen (secondary N) is 1. The minimum Gasteiger partial charge on any atom is -0.481 e. The average molecular weight is 615 g/mol. The number of carboxylic acids is 1. The normalized spacial score (nSPS) is 22.1. The van der Waals surface area contributed by atoms with Gasteiger partial charge in [0.25, 0.3) is 5.92 Å². The van der Waals surface area contributed by atoms with Gasteiger partial charge in [-0.3, -0.25) is 14.7 Å². The van der Waals surface area contributed by atoms with E-state index >= 15 is 0 Å². The number of likely N-dealkylation sites (tertiary alicyclic amines) is 1. The number of amidine groups is 1. The Balaban J connectivity index is 1.80. The molecule has 3 atom stereocenters. The molecule has 1 unspecified atom stereocenters. The van der Waals surface area contributed by atoms with E-state index < -0.39 is 54.6 Å². The molecule has 1 aromatic heterocycles. The molecule has 0 saturated carbocycles. The summed E-state index contributed by atoms with van der Waals surface area (Å²) in [6.45, 7) is 2.48. The van der Waals surface area contributed by atoms with Crippen LogP contribution in [0.3, 0.4) is 0 Å². The predicted molar refractivity (Wildman–Crippen MR) is 139 cm³/mol. The van der Waals surface area contributed by atoms with Crippen LogP contribution in [0.15, 0.2) is 50.5 Å². The predicted octanol–water partition coefficient (Wildman–Crippen LogP) is 4.77. The van der Waals surface area contributed by atoms with Crippen LogP contribution in [-0.2, 0) is 14.3 Å². The Morgan fingerprint density at radius 3 is 2.79 bits per heavy atom. The second-order valence-corrected chi connectivity index (χ2v) is 11.0. The molecule has 4 rings (SSSR count). The lowest BCUT2D eigenvalue weighted by Crippen LogP contribution is -2.42. The molecule has 2 aliphatic rings. The van der Waals surface area contributed by atoms with Crippen LogP contribution >= 0.6 is 27.3 Å². The third-order valence-electron chi connectivity index (χ3n) is 6.41. The topological polar surface area (TPSA) is 104 Å². The summed E-state index contributed by atoms with van der Waals surface area (Å²) in [4.78, 5) is 35.2. The zero-order valence-electron chi connectivity index (χ0n) is 20.6. The van der Waals surface area contributed by atoms with Crippen LogP contribution in [0.25, 0.3) is 0 Å². The minimum atomic E-state index is -3.02. The number of aliphatic carboxylic acids is 1. The maximum atomic E-state index is 14.6. The number of nitrogens with zero attached hydrogens (tertiary/aromatic N) is 3. The Hall–Kier alpha value is -2.77. The number of carbonyl (C=O) groups is 2. The molecular weight excluding hydrogens is 589 g/mol. The first-order chi connectivity index (χ1) is 18.0. The Labute approximate surface area is 229 Å². The Morgan fingerprint density at radius 1 is 1.39 bits per heavy atom. The number of carboxylic acid groups (broad SMARTS) is 1. The van der Waals surface area contributed by atoms with Crippen LogP contribution in [0.5, 0.6) is 0 Å². The van der Waals surface area contributed by atoms with E-state index in [-0.39, 0.29) is 30.8 Å². The van der Waals surface area contributed by atoms with E-state index in [0.29, 0.717) is 20.9 Å². The van der Waals surface area contributed by atoms with Gasteiger partial charge in [-0.25, -0.2) is 22.9 Å². The van der Waals surface area contributed by atoms with Crippen molar-refractivity contribution >= 4 is 45.0 Å². The summed E-state index contributed by atoms with van der Waals surface area (Å²) in [7, 11) is 0. The highest BCUT2D eigenvalue weighted by Gasteiger charge is 2.46. The molecule has 1 saturated heterocycles. The van der Waals surface area contributed by atoms with Crippen molar-refractivity contribution in [2.24, 2.45) is 10.9 Å². The van der Waals surface area contributed by atoms with Gasteiger partial charge < -0.3 is 15.2 Å². The number of aliphatic imine (C=N–C) groups is 1. The summed E-state index contributed by atoms with van der Waals surface area (Å²) >= 11 is 4.65. The number of benzene rings is 1. The average Bonchev–Trinajstić information content (AvgIpc) is 3.46. The number of ether oxygens (including phenoxy) is 1. The number of hydrogen-bond acceptors (Lipinski definition) is 8. The number of halogens is 4. The van der Waals surface area contributed by atoms with Gasteiger partial charge in [0.2, 0.25) is 0 Å². The number of rotatable bonds is 9. The number of thiazole rings is 1. The number of hydrogen-bond donors (Lipinski definition) is 2. The molecule has 1 fully saturated rings. The fourth-order valence-corrected chi connectivity index (χ4v) is 5.82. The van der Waals surface area contributed by atoms with Crippen LogP contribution in [0.1, 0.15) is 43.3 Å². The second-order valence-electron chi connectivity index (χ2n) is 9.21. The van der Waals surface area contributed by atoms with E-state index in [0.717, 1.165) is 0 Å². The van der Waals surface area contributed by atoms with Gasteiger partial charge in [-0.05, 0) is 31.0 Å². The van der Waals surface area contributed by atoms with Gasteiger partial charge in [0, 0.05) is 40.8 Å². The van der Waals surface area contributed by atoms with E-state index in [1.807, 2.05) is 0 Å². The highest BCUT2D eigenvalue weighted by Crippen LogP contribution is 2.39. The lowest BCUT2D eigenvalue weighted by molar-refractivity contribution is -0.142. The maximum Gasteiger partial charge on any atom is 0.338 e. The van der Waals surface area contributed by atoms with Crippen molar-refractivity contribution in [3.63, 3.8) is 0 Å². The van der Waals surface area contributed by atoms with Crippen molar-refractivity contribution in [1.29, 1.82) is 0 Å². The summed E-state index contributed by atoms with van der Waals surface area (Å²) in [5.41, 5.74) is 0.862. The third kappa shape index (κ3) is 6.26. The number of aromatic nitrogens is 1. The lowest BCUT2D eigenvalue weighted by atomic mass is 9.94. The second kappa shape index (κ2) is 11.5. The molecule has 1 aromatic carbocycles. The fourth-order valence-electron chi connectivity index (χ4n) is 4.66. The van der Waals surface area contributed by atoms with Crippen LogP contribution in [0, 0.1) is 11.7 Å². The van der Waals surface area contributed by atoms with Gasteiger partial charge in [0.15, 0.2) is 10.8 Å². The van der Waals surface area contributed by atoms with Crippen molar-refractivity contribution in [2.75, 3.05) is 19.7 Å². The molecule has 38 heavy (non-hydrogen) atoms. The SMILES string of the molecule is CCOC(=O)C1=C(CN2CC(F)(F)C[C@@H]2CC(C)C(=O)O)NC(c2nccs2)=N[C@H]1c1ccc(F)cc1Br. The molecule has 0 amide bonds. The highest BCUT2D eigenvalue weighted by molar-refractivity contribution is 9.10. The quantitative estimate of drug-likeness (QED) is 0.392. The van der Waals surface area contributed by atoms with Crippen molar-refractivity contribution < 1.29 is 32.6 Å². The number of carbonyl (C=O) groups excluding carboxylic acids is 1. The van der Waals surface area contributed by atoms with E-state index in [4.69, 9.17) is 9.73 Å². The highest BCUT2D eigenvalue weighted by atomic mass is 79.9. The first kappa shape index (κ1) is 28.2. The minimum absolute atomic E-state index is 0.0211. The molecule has 3 heterocycles. The standard InChI is InChI=1S/C25H26BrF3N4O4S/c1-3-37-24(36)19-18(11-33-12-25(28,29)10-15(33)8-13(2)23(34)35)31-21(22-30-6-7-38-22)32-20(19)16-5-4-14(27)9-17(16)26/h4-7,9,13,15,20H,3,8,10-12H2,1-2H3,(H,31,32)(H,34,35)/t13?,15-,20-/m0/s1. The first-order valence-electron chi connectivity index (χ1n) is 11.9. The molecule has 0 bridgehead atoms. The summed E-state index contributed by atoms with van der Waals surface area (Å²) in [5.74, 6) is -5.78. The van der Waals surface area contributed by atoms with E-state index in [1.54, 1.807) is 18.5 Å². The molecule has 2 aromatic rings. The van der Waals surface area contributed by atoms with Gasteiger partial charge in [-0.1, -0.05) is 28.9 Å². The van der Waals surface area contributed by atoms with E-state index in [1.165, 1.54) is 41.4 Å². The summed E-state index contributed by atoms with van der Waals surface area (Å²) in [5, 5.41) is 14.7. The number of alkyl halides is 2. The van der Waals surface area contributed by atoms with Crippen LogP contribution in [0.2, 0.25) is 0 Å². The van der Waals surface area contributed by atoms with Gasteiger partial charge >= 0.3 is 11.9 Å². The summed E-state index contributed by atoms with van der Waals surface area (Å²) < 4.78 is 48.7. The zero-order chi connectivity index (χ0) is 27.6. The van der Waals surface area contributed by atoms with Crippen LogP contribution in [0.4, 0.5) is 13.2 Å². The van der Waals surface area contributed by atoms with Crippen LogP contribution in [-0.4, -0.2) is 64.4 Å². The monoisotopic (exact) mass is 614 g/mol.